The minimum atomic E-state index is 0.471. The van der Waals surface area contributed by atoms with Crippen molar-refractivity contribution in [2.24, 2.45) is 0 Å². The van der Waals surface area contributed by atoms with E-state index in [0.717, 1.165) is 15.7 Å². The Hall–Kier alpha value is -1.44. The van der Waals surface area contributed by atoms with E-state index < -0.39 is 0 Å². The van der Waals surface area contributed by atoms with E-state index in [-0.39, 0.29) is 0 Å². The highest BCUT2D eigenvalue weighted by molar-refractivity contribution is 8.00. The third kappa shape index (κ3) is 2.95. The molecule has 0 amide bonds. The zero-order valence-electron chi connectivity index (χ0n) is 10.7. The van der Waals surface area contributed by atoms with Crippen molar-refractivity contribution >= 4 is 34.9 Å². The summed E-state index contributed by atoms with van der Waals surface area (Å²) in [5, 5.41) is 9.22. The van der Waals surface area contributed by atoms with Gasteiger partial charge in [0.1, 0.15) is 5.82 Å². The van der Waals surface area contributed by atoms with Crippen LogP contribution in [0.2, 0.25) is 5.02 Å². The van der Waals surface area contributed by atoms with Crippen molar-refractivity contribution in [3.8, 4) is 11.5 Å². The molecular formula is C13H9ClN4OS2. The van der Waals surface area contributed by atoms with Gasteiger partial charge in [-0.05, 0) is 48.6 Å². The van der Waals surface area contributed by atoms with Crippen LogP contribution in [0.3, 0.4) is 0 Å². The molecule has 0 N–H and O–H groups in total. The van der Waals surface area contributed by atoms with Crippen molar-refractivity contribution in [2.75, 3.05) is 0 Å². The molecule has 106 valence electrons. The average molecular weight is 337 g/mol. The van der Waals surface area contributed by atoms with E-state index >= 15 is 0 Å². The quantitative estimate of drug-likeness (QED) is 0.708. The maximum Gasteiger partial charge on any atom is 0.284 e. The van der Waals surface area contributed by atoms with Gasteiger partial charge in [-0.25, -0.2) is 4.98 Å². The van der Waals surface area contributed by atoms with E-state index in [4.69, 9.17) is 16.0 Å². The van der Waals surface area contributed by atoms with Gasteiger partial charge in [0.2, 0.25) is 5.89 Å². The minimum Gasteiger partial charge on any atom is -0.411 e. The van der Waals surface area contributed by atoms with Gasteiger partial charge in [-0.15, -0.1) is 10.2 Å². The fourth-order valence-electron chi connectivity index (χ4n) is 1.80. The second kappa shape index (κ2) is 5.40. The molecular weight excluding hydrogens is 328 g/mol. The first kappa shape index (κ1) is 13.2. The number of rotatable bonds is 4. The highest BCUT2D eigenvalue weighted by Crippen LogP contribution is 2.40. The molecule has 3 aromatic rings. The Labute approximate surface area is 133 Å². The summed E-state index contributed by atoms with van der Waals surface area (Å²) in [5.74, 6) is 1.98. The number of hydrogen-bond acceptors (Lipinski definition) is 7. The van der Waals surface area contributed by atoms with Crippen molar-refractivity contribution in [3.05, 3.63) is 35.1 Å². The lowest BCUT2D eigenvalue weighted by molar-refractivity contribution is 0.466. The largest absolute Gasteiger partial charge is 0.411 e. The molecule has 0 spiro atoms. The van der Waals surface area contributed by atoms with Crippen LogP contribution in [0.1, 0.15) is 24.6 Å². The van der Waals surface area contributed by atoms with Crippen LogP contribution in [0.5, 0.6) is 0 Å². The third-order valence-electron chi connectivity index (χ3n) is 3.04. The van der Waals surface area contributed by atoms with Gasteiger partial charge in [0.05, 0.1) is 0 Å². The van der Waals surface area contributed by atoms with Crippen LogP contribution >= 0.6 is 34.9 Å². The molecule has 1 aliphatic rings. The van der Waals surface area contributed by atoms with E-state index in [0.29, 0.717) is 22.1 Å². The summed E-state index contributed by atoms with van der Waals surface area (Å²) in [6, 6.07) is 7.28. The van der Waals surface area contributed by atoms with Crippen LogP contribution in [0.25, 0.3) is 11.5 Å². The molecule has 0 saturated heterocycles. The Morgan fingerprint density at radius 2 is 2.00 bits per heavy atom. The van der Waals surface area contributed by atoms with Gasteiger partial charge >= 0.3 is 0 Å². The Morgan fingerprint density at radius 1 is 1.19 bits per heavy atom. The van der Waals surface area contributed by atoms with Crippen LogP contribution in [0.15, 0.2) is 38.2 Å². The van der Waals surface area contributed by atoms with Gasteiger partial charge in [-0.2, -0.15) is 4.37 Å². The van der Waals surface area contributed by atoms with Crippen molar-refractivity contribution in [1.29, 1.82) is 0 Å². The molecule has 0 radical (unpaired) electrons. The highest BCUT2D eigenvalue weighted by atomic mass is 35.5. The molecule has 1 saturated carbocycles. The Balaban J connectivity index is 1.52. The Kier molecular flexibility index (Phi) is 3.40. The summed E-state index contributed by atoms with van der Waals surface area (Å²) in [6.45, 7) is 0. The van der Waals surface area contributed by atoms with Crippen molar-refractivity contribution in [1.82, 2.24) is 19.6 Å². The lowest BCUT2D eigenvalue weighted by atomic mass is 10.2. The molecule has 0 bridgehead atoms. The van der Waals surface area contributed by atoms with Gasteiger partial charge < -0.3 is 4.42 Å². The fraction of sp³-hybridized carbons (Fsp3) is 0.231. The molecule has 2 heterocycles. The van der Waals surface area contributed by atoms with E-state index in [1.807, 2.05) is 12.1 Å². The van der Waals surface area contributed by atoms with Crippen molar-refractivity contribution < 1.29 is 4.42 Å². The number of aromatic nitrogens is 4. The molecule has 21 heavy (non-hydrogen) atoms. The second-order valence-corrected chi connectivity index (χ2v) is 7.06. The fourth-order valence-corrected chi connectivity index (χ4v) is 3.39. The summed E-state index contributed by atoms with van der Waals surface area (Å²) in [7, 11) is 0. The minimum absolute atomic E-state index is 0.471. The molecule has 1 aromatic carbocycles. The van der Waals surface area contributed by atoms with Gasteiger partial charge in [0.15, 0.2) is 4.34 Å². The third-order valence-corrected chi connectivity index (χ3v) is 4.89. The first-order chi connectivity index (χ1) is 10.3. The van der Waals surface area contributed by atoms with E-state index in [2.05, 4.69) is 19.6 Å². The number of hydrogen-bond donors (Lipinski definition) is 0. The standard InChI is InChI=1S/C13H9ClN4OS2/c14-9-5-3-8(4-6-9)11-16-17-12(19-11)20-13-15-10(18-21-13)7-1-2-7/h3-7H,1-2H2. The molecule has 1 aliphatic carbocycles. The summed E-state index contributed by atoms with van der Waals surface area (Å²) in [6.07, 6.45) is 2.39. The van der Waals surface area contributed by atoms with Crippen molar-refractivity contribution in [3.63, 3.8) is 0 Å². The second-order valence-electron chi connectivity index (χ2n) is 4.67. The predicted octanol–water partition coefficient (Wildman–Crippen LogP) is 4.27. The highest BCUT2D eigenvalue weighted by Gasteiger charge is 2.28. The van der Waals surface area contributed by atoms with Crippen molar-refractivity contribution in [2.45, 2.75) is 28.3 Å². The summed E-state index contributed by atoms with van der Waals surface area (Å²) >= 11 is 8.59. The molecule has 0 unspecified atom stereocenters. The summed E-state index contributed by atoms with van der Waals surface area (Å²) in [5.41, 5.74) is 0.842. The normalized spacial score (nSPS) is 14.5. The Morgan fingerprint density at radius 3 is 2.76 bits per heavy atom. The van der Waals surface area contributed by atoms with Crippen LogP contribution in [-0.2, 0) is 0 Å². The van der Waals surface area contributed by atoms with Gasteiger partial charge in [-0.1, -0.05) is 11.6 Å². The molecule has 0 aliphatic heterocycles. The van der Waals surface area contributed by atoms with Gasteiger partial charge in [0, 0.05) is 28.3 Å². The summed E-state index contributed by atoms with van der Waals surface area (Å²) < 4.78 is 10.8. The zero-order chi connectivity index (χ0) is 14.2. The Bertz CT molecular complexity index is 767. The van der Waals surface area contributed by atoms with Crippen LogP contribution in [0.4, 0.5) is 0 Å². The smallest absolute Gasteiger partial charge is 0.284 e. The maximum atomic E-state index is 5.86. The van der Waals surface area contributed by atoms with Crippen LogP contribution < -0.4 is 0 Å². The first-order valence-electron chi connectivity index (χ1n) is 6.39. The maximum absolute atomic E-state index is 5.86. The number of benzene rings is 1. The lowest BCUT2D eigenvalue weighted by Gasteiger charge is -1.93. The predicted molar refractivity (Wildman–Crippen MR) is 80.8 cm³/mol. The average Bonchev–Trinajstić information content (AvgIpc) is 3.06. The topological polar surface area (TPSA) is 64.7 Å². The van der Waals surface area contributed by atoms with E-state index in [9.17, 15) is 0 Å². The van der Waals surface area contributed by atoms with E-state index in [1.54, 1.807) is 12.1 Å². The molecule has 4 rings (SSSR count). The van der Waals surface area contributed by atoms with Gasteiger partial charge in [0.25, 0.3) is 5.22 Å². The SMILES string of the molecule is Clc1ccc(-c2nnc(Sc3nc(C4CC4)ns3)o2)cc1. The number of halogens is 1. The molecule has 8 heteroatoms. The summed E-state index contributed by atoms with van der Waals surface area (Å²) in [4.78, 5) is 4.49. The zero-order valence-corrected chi connectivity index (χ0v) is 13.1. The first-order valence-corrected chi connectivity index (χ1v) is 8.35. The lowest BCUT2D eigenvalue weighted by Crippen LogP contribution is -1.80. The number of nitrogens with zero attached hydrogens (tertiary/aromatic N) is 4. The molecule has 1 fully saturated rings. The van der Waals surface area contributed by atoms with Crippen LogP contribution in [-0.4, -0.2) is 19.6 Å². The monoisotopic (exact) mass is 336 g/mol. The molecule has 5 nitrogen and oxygen atoms in total. The van der Waals surface area contributed by atoms with Gasteiger partial charge in [-0.3, -0.25) is 0 Å². The molecule has 2 aromatic heterocycles. The van der Waals surface area contributed by atoms with E-state index in [1.165, 1.54) is 36.1 Å². The molecule has 0 atom stereocenters. The van der Waals surface area contributed by atoms with Crippen LogP contribution in [0, 0.1) is 0 Å².